The number of nitrogens with one attached hydrogen (secondary N) is 1. The van der Waals surface area contributed by atoms with Crippen LogP contribution in [0.1, 0.15) is 54.6 Å². The SMILES string of the molecule is COc1ccc(N2C(=S)N[C@@H](c3ccccn3)[C@H]2c2cc(C)n(C(C)C)c2C)cc1Cl. The first kappa shape index (κ1) is 21.7. The van der Waals surface area contributed by atoms with Crippen molar-refractivity contribution in [1.82, 2.24) is 14.9 Å². The molecule has 0 bridgehead atoms. The first-order chi connectivity index (χ1) is 14.8. The Morgan fingerprint density at radius 2 is 1.94 bits per heavy atom. The minimum atomic E-state index is -0.0873. The van der Waals surface area contributed by atoms with Crippen LogP contribution < -0.4 is 15.0 Å². The van der Waals surface area contributed by atoms with Crippen molar-refractivity contribution >= 4 is 34.6 Å². The Morgan fingerprint density at radius 1 is 1.16 bits per heavy atom. The molecule has 1 fully saturated rings. The van der Waals surface area contributed by atoms with E-state index < -0.39 is 0 Å². The Balaban J connectivity index is 1.89. The van der Waals surface area contributed by atoms with Gasteiger partial charge >= 0.3 is 0 Å². The topological polar surface area (TPSA) is 42.3 Å². The second-order valence-corrected chi connectivity index (χ2v) is 8.90. The Kier molecular flexibility index (Phi) is 5.95. The lowest BCUT2D eigenvalue weighted by Crippen LogP contribution is -2.29. The molecule has 7 heteroatoms. The molecule has 2 atom stereocenters. The van der Waals surface area contributed by atoms with Crippen LogP contribution in [0, 0.1) is 13.8 Å². The van der Waals surface area contributed by atoms with Crippen LogP contribution >= 0.6 is 23.8 Å². The summed E-state index contributed by atoms with van der Waals surface area (Å²) in [4.78, 5) is 6.78. The van der Waals surface area contributed by atoms with Gasteiger partial charge in [-0.25, -0.2) is 0 Å². The molecule has 3 aromatic rings. The minimum Gasteiger partial charge on any atom is -0.495 e. The molecule has 162 valence electrons. The molecule has 1 N–H and O–H groups in total. The number of nitrogens with zero attached hydrogens (tertiary/aromatic N) is 3. The van der Waals surface area contributed by atoms with Gasteiger partial charge < -0.3 is 19.5 Å². The monoisotopic (exact) mass is 454 g/mol. The van der Waals surface area contributed by atoms with Gasteiger partial charge in [0.25, 0.3) is 0 Å². The quantitative estimate of drug-likeness (QED) is 0.484. The molecule has 0 spiro atoms. The molecule has 0 saturated carbocycles. The third-order valence-corrected chi connectivity index (χ3v) is 6.48. The highest BCUT2D eigenvalue weighted by atomic mass is 35.5. The molecule has 1 aliphatic heterocycles. The Bertz CT molecular complexity index is 1110. The molecule has 0 radical (unpaired) electrons. The summed E-state index contributed by atoms with van der Waals surface area (Å²) in [5.74, 6) is 0.638. The van der Waals surface area contributed by atoms with Crippen LogP contribution in [0.4, 0.5) is 5.69 Å². The van der Waals surface area contributed by atoms with Crippen molar-refractivity contribution in [2.24, 2.45) is 0 Å². The van der Waals surface area contributed by atoms with Gasteiger partial charge in [-0.2, -0.15) is 0 Å². The largest absolute Gasteiger partial charge is 0.495 e. The number of methoxy groups -OCH3 is 1. The van der Waals surface area contributed by atoms with Crippen LogP contribution in [0.25, 0.3) is 0 Å². The number of benzene rings is 1. The zero-order valence-corrected chi connectivity index (χ0v) is 20.0. The maximum atomic E-state index is 6.47. The third-order valence-electron chi connectivity index (χ3n) is 5.87. The van der Waals surface area contributed by atoms with Crippen LogP contribution in [0.15, 0.2) is 48.7 Å². The molecule has 0 aliphatic carbocycles. The van der Waals surface area contributed by atoms with E-state index in [9.17, 15) is 0 Å². The Morgan fingerprint density at radius 3 is 2.52 bits per heavy atom. The van der Waals surface area contributed by atoms with Crippen molar-refractivity contribution in [3.8, 4) is 5.75 Å². The smallest absolute Gasteiger partial charge is 0.174 e. The van der Waals surface area contributed by atoms with E-state index in [-0.39, 0.29) is 12.1 Å². The van der Waals surface area contributed by atoms with Crippen molar-refractivity contribution < 1.29 is 4.74 Å². The fourth-order valence-corrected chi connectivity index (χ4v) is 5.25. The van der Waals surface area contributed by atoms with Crippen LogP contribution in [0.3, 0.4) is 0 Å². The average molecular weight is 455 g/mol. The molecule has 0 amide bonds. The predicted molar refractivity (Wildman–Crippen MR) is 130 cm³/mol. The van der Waals surface area contributed by atoms with Gasteiger partial charge in [0, 0.05) is 29.3 Å². The first-order valence-electron chi connectivity index (χ1n) is 10.4. The summed E-state index contributed by atoms with van der Waals surface area (Å²) < 4.78 is 7.71. The molecule has 4 rings (SSSR count). The number of aromatic nitrogens is 2. The number of aryl methyl sites for hydroxylation is 1. The Hall–Kier alpha value is -2.57. The fourth-order valence-electron chi connectivity index (χ4n) is 4.65. The van der Waals surface area contributed by atoms with E-state index in [2.05, 4.69) is 53.5 Å². The van der Waals surface area contributed by atoms with Crippen LogP contribution in [-0.4, -0.2) is 21.8 Å². The van der Waals surface area contributed by atoms with Gasteiger partial charge in [0.1, 0.15) is 5.75 Å². The summed E-state index contributed by atoms with van der Waals surface area (Å²) in [5.41, 5.74) is 5.55. The summed E-state index contributed by atoms with van der Waals surface area (Å²) in [6.07, 6.45) is 1.82. The summed E-state index contributed by atoms with van der Waals surface area (Å²) >= 11 is 12.3. The number of halogens is 1. The van der Waals surface area contributed by atoms with E-state index in [0.717, 1.165) is 11.4 Å². The van der Waals surface area contributed by atoms with E-state index in [1.54, 1.807) is 7.11 Å². The molecule has 5 nitrogen and oxygen atoms in total. The number of hydrogen-bond acceptors (Lipinski definition) is 3. The number of rotatable bonds is 5. The van der Waals surface area contributed by atoms with Crippen molar-refractivity contribution in [2.45, 2.75) is 45.8 Å². The molecular weight excluding hydrogens is 428 g/mol. The molecule has 31 heavy (non-hydrogen) atoms. The van der Waals surface area contributed by atoms with E-state index in [4.69, 9.17) is 28.6 Å². The normalized spacial score (nSPS) is 18.5. The van der Waals surface area contributed by atoms with Crippen LogP contribution in [-0.2, 0) is 0 Å². The maximum absolute atomic E-state index is 6.47. The average Bonchev–Trinajstić information content (AvgIpc) is 3.24. The lowest BCUT2D eigenvalue weighted by molar-refractivity contribution is 0.415. The summed E-state index contributed by atoms with van der Waals surface area (Å²) in [5, 5.41) is 4.71. The van der Waals surface area contributed by atoms with Crippen molar-refractivity contribution in [1.29, 1.82) is 0 Å². The van der Waals surface area contributed by atoms with E-state index in [0.29, 0.717) is 21.9 Å². The summed E-state index contributed by atoms with van der Waals surface area (Å²) in [6, 6.07) is 14.2. The lowest BCUT2D eigenvalue weighted by atomic mass is 9.96. The van der Waals surface area contributed by atoms with E-state index in [1.807, 2.05) is 42.6 Å². The van der Waals surface area contributed by atoms with Crippen LogP contribution in [0.2, 0.25) is 5.02 Å². The molecular formula is C24H27ClN4OS. The van der Waals surface area contributed by atoms with E-state index >= 15 is 0 Å². The van der Waals surface area contributed by atoms with Crippen LogP contribution in [0.5, 0.6) is 5.75 Å². The highest BCUT2D eigenvalue weighted by Crippen LogP contribution is 2.44. The van der Waals surface area contributed by atoms with Gasteiger partial charge in [0.05, 0.1) is 29.9 Å². The standard InChI is InChI=1S/C24H27ClN4OS/c1-14(2)28-15(3)12-18(16(28)4)23-22(20-8-6-7-11-26-20)27-24(31)29(23)17-9-10-21(30-5)19(25)13-17/h6-14,22-23H,1-5H3,(H,27,31)/t22-,23+/m0/s1. The fraction of sp³-hybridized carbons (Fsp3) is 0.333. The Labute approximate surface area is 194 Å². The van der Waals surface area contributed by atoms with Gasteiger partial charge in [0.2, 0.25) is 0 Å². The zero-order valence-electron chi connectivity index (χ0n) is 18.4. The van der Waals surface area contributed by atoms with Gasteiger partial charge in [-0.1, -0.05) is 17.7 Å². The lowest BCUT2D eigenvalue weighted by Gasteiger charge is -2.28. The molecule has 1 aromatic carbocycles. The highest BCUT2D eigenvalue weighted by Gasteiger charge is 2.42. The van der Waals surface area contributed by atoms with Gasteiger partial charge in [0.15, 0.2) is 5.11 Å². The number of ether oxygens (including phenoxy) is 1. The second kappa shape index (κ2) is 8.52. The van der Waals surface area contributed by atoms with Gasteiger partial charge in [-0.3, -0.25) is 4.98 Å². The number of hydrogen-bond donors (Lipinski definition) is 1. The first-order valence-corrected chi connectivity index (χ1v) is 11.1. The van der Waals surface area contributed by atoms with Crippen molar-refractivity contribution in [3.05, 3.63) is 76.3 Å². The molecule has 0 unspecified atom stereocenters. The summed E-state index contributed by atoms with van der Waals surface area (Å²) in [6.45, 7) is 8.75. The predicted octanol–water partition coefficient (Wildman–Crippen LogP) is 5.92. The van der Waals surface area contributed by atoms with Gasteiger partial charge in [-0.15, -0.1) is 0 Å². The number of thiocarbonyl (C=S) groups is 1. The molecule has 1 aliphatic rings. The van der Waals surface area contributed by atoms with Crippen molar-refractivity contribution in [3.63, 3.8) is 0 Å². The zero-order chi connectivity index (χ0) is 22.3. The number of pyridine rings is 1. The van der Waals surface area contributed by atoms with Crippen molar-refractivity contribution in [2.75, 3.05) is 12.0 Å². The summed E-state index contributed by atoms with van der Waals surface area (Å²) in [7, 11) is 1.61. The second-order valence-electron chi connectivity index (χ2n) is 8.11. The molecule has 1 saturated heterocycles. The minimum absolute atomic E-state index is 0.0643. The third kappa shape index (κ3) is 3.79. The van der Waals surface area contributed by atoms with E-state index in [1.165, 1.54) is 17.0 Å². The molecule has 3 heterocycles. The maximum Gasteiger partial charge on any atom is 0.174 e. The van der Waals surface area contributed by atoms with Gasteiger partial charge in [-0.05, 0) is 81.9 Å². The highest BCUT2D eigenvalue weighted by molar-refractivity contribution is 7.80. The molecule has 2 aromatic heterocycles. The number of anilines is 1.